The van der Waals surface area contributed by atoms with Crippen molar-refractivity contribution in [3.05, 3.63) is 69.9 Å². The Bertz CT molecular complexity index is 1190. The SMILES string of the molecule is CCOC(=O)C1C(C)=NC2=C(C(=O)C[C@@H](c3ccc(OC)c(OC)c3)C2)[C@@H]1c1cccc(Cl)c1. The summed E-state index contributed by atoms with van der Waals surface area (Å²) in [6.45, 7) is 3.85. The molecule has 178 valence electrons. The molecule has 0 radical (unpaired) electrons. The molecule has 1 aliphatic carbocycles. The van der Waals surface area contributed by atoms with Crippen molar-refractivity contribution in [2.45, 2.75) is 38.5 Å². The van der Waals surface area contributed by atoms with Gasteiger partial charge in [0.05, 0.1) is 20.8 Å². The fraction of sp³-hybridized carbons (Fsp3) is 0.370. The lowest BCUT2D eigenvalue weighted by Gasteiger charge is -2.36. The average Bonchev–Trinajstić information content (AvgIpc) is 2.82. The van der Waals surface area contributed by atoms with Gasteiger partial charge in [-0.15, -0.1) is 0 Å². The van der Waals surface area contributed by atoms with Crippen LogP contribution in [-0.2, 0) is 14.3 Å². The van der Waals surface area contributed by atoms with Crippen molar-refractivity contribution < 1.29 is 23.8 Å². The van der Waals surface area contributed by atoms with Gasteiger partial charge < -0.3 is 14.2 Å². The largest absolute Gasteiger partial charge is 0.493 e. The molecule has 0 amide bonds. The van der Waals surface area contributed by atoms with E-state index >= 15 is 0 Å². The summed E-state index contributed by atoms with van der Waals surface area (Å²) >= 11 is 6.29. The van der Waals surface area contributed by atoms with Gasteiger partial charge in [0.25, 0.3) is 0 Å². The number of nitrogens with zero attached hydrogens (tertiary/aromatic N) is 1. The number of methoxy groups -OCH3 is 2. The van der Waals surface area contributed by atoms with Gasteiger partial charge in [-0.25, -0.2) is 0 Å². The van der Waals surface area contributed by atoms with Crippen LogP contribution in [-0.4, -0.2) is 38.3 Å². The summed E-state index contributed by atoms with van der Waals surface area (Å²) in [6, 6.07) is 13.1. The van der Waals surface area contributed by atoms with Gasteiger partial charge in [0.15, 0.2) is 17.3 Å². The first-order valence-electron chi connectivity index (χ1n) is 11.3. The number of halogens is 1. The van der Waals surface area contributed by atoms with E-state index in [1.54, 1.807) is 27.2 Å². The van der Waals surface area contributed by atoms with E-state index in [0.29, 0.717) is 40.6 Å². The lowest BCUT2D eigenvalue weighted by atomic mass is 9.69. The van der Waals surface area contributed by atoms with E-state index in [-0.39, 0.29) is 24.3 Å². The molecule has 0 N–H and O–H groups in total. The molecule has 0 bridgehead atoms. The highest BCUT2D eigenvalue weighted by molar-refractivity contribution is 6.30. The summed E-state index contributed by atoms with van der Waals surface area (Å²) in [6.07, 6.45) is 0.899. The molecule has 2 aliphatic rings. The molecule has 1 unspecified atom stereocenters. The highest BCUT2D eigenvalue weighted by Gasteiger charge is 2.44. The molecule has 0 spiro atoms. The lowest BCUT2D eigenvalue weighted by Crippen LogP contribution is -2.38. The number of hydrogen-bond donors (Lipinski definition) is 0. The molecule has 6 nitrogen and oxygen atoms in total. The average molecular weight is 482 g/mol. The molecule has 1 heterocycles. The van der Waals surface area contributed by atoms with Crippen LogP contribution in [0.25, 0.3) is 0 Å². The van der Waals surface area contributed by atoms with Crippen LogP contribution in [0.3, 0.4) is 0 Å². The third-order valence-electron chi connectivity index (χ3n) is 6.52. The number of ether oxygens (including phenoxy) is 3. The minimum absolute atomic E-state index is 0.0171. The quantitative estimate of drug-likeness (QED) is 0.509. The summed E-state index contributed by atoms with van der Waals surface area (Å²) in [7, 11) is 3.18. The number of carbonyl (C=O) groups excluding carboxylic acids is 2. The Morgan fingerprint density at radius 3 is 2.50 bits per heavy atom. The molecule has 0 fully saturated rings. The summed E-state index contributed by atoms with van der Waals surface area (Å²) in [4.78, 5) is 31.4. The number of carbonyl (C=O) groups is 2. The molecule has 4 rings (SSSR count). The normalized spacial score (nSPS) is 22.1. The maximum Gasteiger partial charge on any atom is 0.315 e. The van der Waals surface area contributed by atoms with Crippen LogP contribution < -0.4 is 9.47 Å². The third kappa shape index (κ3) is 4.47. The first-order chi connectivity index (χ1) is 16.4. The van der Waals surface area contributed by atoms with Gasteiger partial charge in [-0.1, -0.05) is 29.8 Å². The zero-order chi connectivity index (χ0) is 24.4. The van der Waals surface area contributed by atoms with Crippen LogP contribution in [0.1, 0.15) is 49.7 Å². The number of Topliss-reactive ketones (excluding diaryl/α,β-unsaturated/α-hetero) is 1. The number of allylic oxidation sites excluding steroid dienone is 2. The second-order valence-electron chi connectivity index (χ2n) is 8.52. The van der Waals surface area contributed by atoms with Crippen LogP contribution >= 0.6 is 11.6 Å². The first-order valence-corrected chi connectivity index (χ1v) is 11.7. The minimum atomic E-state index is -0.668. The van der Waals surface area contributed by atoms with Crippen LogP contribution in [0.4, 0.5) is 0 Å². The van der Waals surface area contributed by atoms with E-state index in [9.17, 15) is 9.59 Å². The van der Waals surface area contributed by atoms with Gasteiger partial charge in [0, 0.05) is 34.3 Å². The fourth-order valence-electron chi connectivity index (χ4n) is 5.00. The Balaban J connectivity index is 1.78. The Morgan fingerprint density at radius 2 is 1.82 bits per heavy atom. The molecular formula is C27H28ClNO5. The number of ketones is 1. The Kier molecular flexibility index (Phi) is 7.08. The third-order valence-corrected chi connectivity index (χ3v) is 6.75. The van der Waals surface area contributed by atoms with Crippen LogP contribution in [0.5, 0.6) is 11.5 Å². The maximum atomic E-state index is 13.6. The van der Waals surface area contributed by atoms with Gasteiger partial charge in [0.2, 0.25) is 0 Å². The zero-order valence-electron chi connectivity index (χ0n) is 19.8. The lowest BCUT2D eigenvalue weighted by molar-refractivity contribution is -0.146. The Morgan fingerprint density at radius 1 is 1.06 bits per heavy atom. The van der Waals surface area contributed by atoms with E-state index in [2.05, 4.69) is 0 Å². The van der Waals surface area contributed by atoms with E-state index in [0.717, 1.165) is 16.8 Å². The number of hydrogen-bond acceptors (Lipinski definition) is 6. The highest BCUT2D eigenvalue weighted by atomic mass is 35.5. The summed E-state index contributed by atoms with van der Waals surface area (Å²) in [5.41, 5.74) is 3.74. The van der Waals surface area contributed by atoms with Gasteiger partial charge in [-0.3, -0.25) is 14.6 Å². The number of aliphatic imine (C=N–C) groups is 1. The standard InChI is InChI=1S/C27H28ClNO5/c1-5-34-27(31)24-15(2)29-20-12-18(16-9-10-22(32-3)23(14-16)33-4)13-21(30)26(20)25(24)17-7-6-8-19(28)11-17/h6-11,14,18,24-25H,5,12-13H2,1-4H3/t18-,24?,25+/m0/s1. The van der Waals surface area contributed by atoms with Gasteiger partial charge >= 0.3 is 5.97 Å². The molecule has 0 saturated heterocycles. The van der Waals surface area contributed by atoms with Crippen LogP contribution in [0, 0.1) is 5.92 Å². The van der Waals surface area contributed by atoms with Gasteiger partial charge in [-0.05, 0) is 61.6 Å². The first kappa shape index (κ1) is 24.0. The summed E-state index contributed by atoms with van der Waals surface area (Å²) in [5.74, 6) is -0.343. The Labute approximate surface area is 204 Å². The monoisotopic (exact) mass is 481 g/mol. The number of esters is 1. The van der Waals surface area contributed by atoms with Crippen LogP contribution in [0.2, 0.25) is 5.02 Å². The molecule has 0 aromatic heterocycles. The zero-order valence-corrected chi connectivity index (χ0v) is 20.5. The van der Waals surface area contributed by atoms with E-state index in [1.807, 2.05) is 43.3 Å². The van der Waals surface area contributed by atoms with E-state index in [4.69, 9.17) is 30.8 Å². The predicted octanol–water partition coefficient (Wildman–Crippen LogP) is 5.50. The van der Waals surface area contributed by atoms with Crippen molar-refractivity contribution in [3.8, 4) is 11.5 Å². The minimum Gasteiger partial charge on any atom is -0.493 e. The van der Waals surface area contributed by atoms with Gasteiger partial charge in [-0.2, -0.15) is 0 Å². The molecule has 2 aromatic carbocycles. The number of rotatable bonds is 6. The van der Waals surface area contributed by atoms with Crippen molar-refractivity contribution in [1.29, 1.82) is 0 Å². The van der Waals surface area contributed by atoms with Gasteiger partial charge in [0.1, 0.15) is 5.92 Å². The molecule has 1 aliphatic heterocycles. The smallest absolute Gasteiger partial charge is 0.315 e. The second kappa shape index (κ2) is 10.0. The highest BCUT2D eigenvalue weighted by Crippen LogP contribution is 2.47. The molecule has 3 atom stereocenters. The van der Waals surface area contributed by atoms with Crippen molar-refractivity contribution in [1.82, 2.24) is 0 Å². The number of benzene rings is 2. The fourth-order valence-corrected chi connectivity index (χ4v) is 5.20. The summed E-state index contributed by atoms with van der Waals surface area (Å²) < 4.78 is 16.2. The second-order valence-corrected chi connectivity index (χ2v) is 8.96. The topological polar surface area (TPSA) is 74.2 Å². The molecule has 2 aromatic rings. The van der Waals surface area contributed by atoms with E-state index < -0.39 is 11.8 Å². The molecule has 34 heavy (non-hydrogen) atoms. The molecule has 7 heteroatoms. The van der Waals surface area contributed by atoms with Crippen molar-refractivity contribution >= 4 is 29.1 Å². The van der Waals surface area contributed by atoms with Crippen molar-refractivity contribution in [2.24, 2.45) is 10.9 Å². The molecular weight excluding hydrogens is 454 g/mol. The Hall–Kier alpha value is -3.12. The summed E-state index contributed by atoms with van der Waals surface area (Å²) in [5, 5.41) is 0.550. The van der Waals surface area contributed by atoms with Crippen molar-refractivity contribution in [2.75, 3.05) is 20.8 Å². The predicted molar refractivity (Wildman–Crippen MR) is 131 cm³/mol. The maximum absolute atomic E-state index is 13.6. The van der Waals surface area contributed by atoms with Crippen molar-refractivity contribution in [3.63, 3.8) is 0 Å². The molecule has 0 saturated carbocycles. The van der Waals surface area contributed by atoms with E-state index in [1.165, 1.54) is 0 Å². The van der Waals surface area contributed by atoms with Crippen LogP contribution in [0.15, 0.2) is 58.7 Å².